The van der Waals surface area contributed by atoms with Crippen molar-refractivity contribution in [2.24, 2.45) is 0 Å². The van der Waals surface area contributed by atoms with Gasteiger partial charge in [0.15, 0.2) is 0 Å². The van der Waals surface area contributed by atoms with E-state index in [0.29, 0.717) is 16.7 Å². The monoisotopic (exact) mass is 297 g/mol. The van der Waals surface area contributed by atoms with Crippen molar-refractivity contribution in [1.82, 2.24) is 0 Å². The van der Waals surface area contributed by atoms with Crippen molar-refractivity contribution in [3.8, 4) is 0 Å². The molecule has 1 amide bonds. The first-order valence-corrected chi connectivity index (χ1v) is 6.71. The van der Waals surface area contributed by atoms with Gasteiger partial charge >= 0.3 is 0 Å². The fourth-order valence-corrected chi connectivity index (χ4v) is 2.13. The summed E-state index contributed by atoms with van der Waals surface area (Å²) < 4.78 is 5.33. The van der Waals surface area contributed by atoms with Crippen LogP contribution < -0.4 is 10.7 Å². The Kier molecular flexibility index (Phi) is 3.50. The zero-order valence-electron chi connectivity index (χ0n) is 10.9. The summed E-state index contributed by atoms with van der Waals surface area (Å²) in [6.45, 7) is 0. The van der Waals surface area contributed by atoms with E-state index in [-0.39, 0.29) is 11.0 Å². The quantitative estimate of drug-likeness (QED) is 0.713. The predicted octanol–water partition coefficient (Wildman–Crippen LogP) is 3.33. The van der Waals surface area contributed by atoms with E-state index in [1.807, 2.05) is 0 Å². The molecule has 2 aromatic carbocycles. The molecule has 0 aliphatic heterocycles. The molecule has 0 saturated carbocycles. The van der Waals surface area contributed by atoms with Crippen LogP contribution in [-0.2, 0) is 0 Å². The molecule has 0 aliphatic rings. The lowest BCUT2D eigenvalue weighted by Crippen LogP contribution is -2.21. The van der Waals surface area contributed by atoms with Gasteiger partial charge in [0.2, 0.25) is 5.43 Å². The first-order chi connectivity index (χ1) is 10.1. The Morgan fingerprint density at radius 1 is 1.05 bits per heavy atom. The third kappa shape index (κ3) is 2.68. The van der Waals surface area contributed by atoms with E-state index in [2.05, 4.69) is 17.9 Å². The van der Waals surface area contributed by atoms with Gasteiger partial charge in [-0.1, -0.05) is 12.1 Å². The molecular formula is C16H11NO3S. The second kappa shape index (κ2) is 5.46. The molecule has 3 rings (SSSR count). The lowest BCUT2D eigenvalue weighted by molar-refractivity contribution is 0.102. The molecule has 1 aromatic heterocycles. The Labute approximate surface area is 125 Å². The van der Waals surface area contributed by atoms with Crippen LogP contribution >= 0.6 is 12.6 Å². The molecule has 1 heterocycles. The van der Waals surface area contributed by atoms with Crippen LogP contribution in [0, 0.1) is 0 Å². The fourth-order valence-electron chi connectivity index (χ4n) is 1.98. The van der Waals surface area contributed by atoms with Crippen LogP contribution in [0.2, 0.25) is 0 Å². The van der Waals surface area contributed by atoms with Gasteiger partial charge in [-0.05, 0) is 36.4 Å². The van der Waals surface area contributed by atoms with E-state index in [1.165, 1.54) is 6.26 Å². The molecule has 5 heteroatoms. The summed E-state index contributed by atoms with van der Waals surface area (Å²) in [5.41, 5.74) is 0.674. The molecule has 0 aliphatic carbocycles. The summed E-state index contributed by atoms with van der Waals surface area (Å²) in [5, 5.41) is 3.04. The van der Waals surface area contributed by atoms with E-state index >= 15 is 0 Å². The maximum Gasteiger partial charge on any atom is 0.262 e. The molecule has 3 aromatic rings. The van der Waals surface area contributed by atoms with Gasteiger partial charge in [0.1, 0.15) is 17.4 Å². The van der Waals surface area contributed by atoms with Gasteiger partial charge in [-0.25, -0.2) is 0 Å². The zero-order valence-corrected chi connectivity index (χ0v) is 11.8. The topological polar surface area (TPSA) is 59.3 Å². The molecule has 0 fully saturated rings. The summed E-state index contributed by atoms with van der Waals surface area (Å²) in [5.74, 6) is -0.499. The number of anilines is 1. The number of nitrogens with one attached hydrogen (secondary N) is 1. The van der Waals surface area contributed by atoms with Gasteiger partial charge in [0.05, 0.1) is 5.39 Å². The number of carbonyl (C=O) groups excluding carboxylic acids is 1. The van der Waals surface area contributed by atoms with E-state index in [4.69, 9.17) is 4.42 Å². The number of rotatable bonds is 2. The van der Waals surface area contributed by atoms with E-state index in [9.17, 15) is 9.59 Å². The van der Waals surface area contributed by atoms with Crippen molar-refractivity contribution in [3.63, 3.8) is 0 Å². The highest BCUT2D eigenvalue weighted by molar-refractivity contribution is 7.80. The molecule has 4 nitrogen and oxygen atoms in total. The first-order valence-electron chi connectivity index (χ1n) is 6.26. The number of hydrogen-bond donors (Lipinski definition) is 2. The highest BCUT2D eigenvalue weighted by Gasteiger charge is 2.14. The molecule has 0 unspecified atom stereocenters. The van der Waals surface area contributed by atoms with Gasteiger partial charge < -0.3 is 9.73 Å². The average molecular weight is 297 g/mol. The fraction of sp³-hybridized carbons (Fsp3) is 0. The van der Waals surface area contributed by atoms with E-state index in [0.717, 1.165) is 4.90 Å². The Hall–Kier alpha value is -2.53. The highest BCUT2D eigenvalue weighted by atomic mass is 32.1. The van der Waals surface area contributed by atoms with Crippen molar-refractivity contribution in [1.29, 1.82) is 0 Å². The molecule has 1 N–H and O–H groups in total. The maximum atomic E-state index is 12.3. The Balaban J connectivity index is 1.96. The first kappa shape index (κ1) is 13.5. The van der Waals surface area contributed by atoms with Gasteiger partial charge in [0, 0.05) is 10.6 Å². The third-order valence-corrected chi connectivity index (χ3v) is 3.35. The van der Waals surface area contributed by atoms with Gasteiger partial charge in [-0.3, -0.25) is 9.59 Å². The van der Waals surface area contributed by atoms with E-state index < -0.39 is 5.91 Å². The van der Waals surface area contributed by atoms with Crippen molar-refractivity contribution in [2.45, 2.75) is 4.90 Å². The lowest BCUT2D eigenvalue weighted by atomic mass is 10.1. The standard InChI is InChI=1S/C16H11NO3S/c18-15-12-3-1-2-4-14(12)20-9-13(15)16(19)17-10-5-7-11(21)8-6-10/h1-9,21H,(H,17,19). The summed E-state index contributed by atoms with van der Waals surface area (Å²) >= 11 is 4.17. The Morgan fingerprint density at radius 3 is 2.52 bits per heavy atom. The van der Waals surface area contributed by atoms with Crippen LogP contribution in [0.5, 0.6) is 0 Å². The SMILES string of the molecule is O=C(Nc1ccc(S)cc1)c1coc2ccccc2c1=O. The largest absolute Gasteiger partial charge is 0.463 e. The number of para-hydroxylation sites is 1. The minimum absolute atomic E-state index is 0.0244. The van der Waals surface area contributed by atoms with Gasteiger partial charge in [0.25, 0.3) is 5.91 Å². The molecule has 0 radical (unpaired) electrons. The predicted molar refractivity (Wildman–Crippen MR) is 84.1 cm³/mol. The van der Waals surface area contributed by atoms with E-state index in [1.54, 1.807) is 48.5 Å². The van der Waals surface area contributed by atoms with Crippen LogP contribution in [0.3, 0.4) is 0 Å². The minimum Gasteiger partial charge on any atom is -0.463 e. The summed E-state index contributed by atoms with van der Waals surface area (Å²) in [4.78, 5) is 25.2. The third-order valence-electron chi connectivity index (χ3n) is 3.05. The zero-order chi connectivity index (χ0) is 14.8. The van der Waals surface area contributed by atoms with Crippen molar-refractivity contribution in [3.05, 3.63) is 70.6 Å². The summed E-state index contributed by atoms with van der Waals surface area (Å²) in [7, 11) is 0. The molecule has 104 valence electrons. The van der Waals surface area contributed by atoms with Crippen molar-refractivity contribution < 1.29 is 9.21 Å². The smallest absolute Gasteiger partial charge is 0.262 e. The van der Waals surface area contributed by atoms with Crippen molar-refractivity contribution in [2.75, 3.05) is 5.32 Å². The number of hydrogen-bond acceptors (Lipinski definition) is 4. The summed E-state index contributed by atoms with van der Waals surface area (Å²) in [6.07, 6.45) is 1.19. The molecule has 0 bridgehead atoms. The molecular weight excluding hydrogens is 286 g/mol. The Morgan fingerprint density at radius 2 is 1.76 bits per heavy atom. The van der Waals surface area contributed by atoms with Crippen LogP contribution in [0.15, 0.2) is 68.9 Å². The number of amides is 1. The average Bonchev–Trinajstić information content (AvgIpc) is 2.50. The molecule has 0 saturated heterocycles. The maximum absolute atomic E-state index is 12.3. The van der Waals surface area contributed by atoms with Crippen LogP contribution in [-0.4, -0.2) is 5.91 Å². The molecule has 0 spiro atoms. The second-order valence-electron chi connectivity index (χ2n) is 4.48. The Bertz CT molecular complexity index is 869. The summed E-state index contributed by atoms with van der Waals surface area (Å²) in [6, 6.07) is 13.7. The lowest BCUT2D eigenvalue weighted by Gasteiger charge is -2.05. The number of benzene rings is 2. The van der Waals surface area contributed by atoms with Crippen molar-refractivity contribution >= 4 is 35.2 Å². The highest BCUT2D eigenvalue weighted by Crippen LogP contribution is 2.14. The number of carbonyl (C=O) groups is 1. The van der Waals surface area contributed by atoms with Gasteiger partial charge in [-0.15, -0.1) is 12.6 Å². The van der Waals surface area contributed by atoms with Crippen LogP contribution in [0.25, 0.3) is 11.0 Å². The molecule has 0 atom stereocenters. The minimum atomic E-state index is -0.499. The number of thiol groups is 1. The normalized spacial score (nSPS) is 10.5. The second-order valence-corrected chi connectivity index (χ2v) is 4.99. The van der Waals surface area contributed by atoms with Crippen LogP contribution in [0.4, 0.5) is 5.69 Å². The van der Waals surface area contributed by atoms with Crippen LogP contribution in [0.1, 0.15) is 10.4 Å². The number of fused-ring (bicyclic) bond motifs is 1. The van der Waals surface area contributed by atoms with Gasteiger partial charge in [-0.2, -0.15) is 0 Å². The molecule has 21 heavy (non-hydrogen) atoms.